The number of halogens is 3. The molecule has 1 N–H and O–H groups in total. The van der Waals surface area contributed by atoms with Crippen LogP contribution in [0.5, 0.6) is 0 Å². The molecule has 0 aliphatic heterocycles. The standard InChI is InChI=1S/C14H11Br2FO/c15-11-3-1-2-10(7-11)14(18)6-9-4-12(16)8-13(17)5-9/h1-5,7-8,14,18H,6H2. The highest BCUT2D eigenvalue weighted by Crippen LogP contribution is 2.23. The zero-order valence-electron chi connectivity index (χ0n) is 9.41. The van der Waals surface area contributed by atoms with E-state index in [1.165, 1.54) is 12.1 Å². The van der Waals surface area contributed by atoms with Crippen molar-refractivity contribution >= 4 is 31.9 Å². The number of hydrogen-bond donors (Lipinski definition) is 1. The molecule has 4 heteroatoms. The predicted molar refractivity (Wildman–Crippen MR) is 76.9 cm³/mol. The van der Waals surface area contributed by atoms with Crippen LogP contribution in [0.2, 0.25) is 0 Å². The van der Waals surface area contributed by atoms with Crippen LogP contribution in [0.4, 0.5) is 4.39 Å². The number of benzene rings is 2. The van der Waals surface area contributed by atoms with Gasteiger partial charge >= 0.3 is 0 Å². The molecule has 0 fully saturated rings. The maximum Gasteiger partial charge on any atom is 0.124 e. The fourth-order valence-corrected chi connectivity index (χ4v) is 2.71. The first-order valence-electron chi connectivity index (χ1n) is 5.43. The van der Waals surface area contributed by atoms with Crippen LogP contribution in [0, 0.1) is 5.82 Å². The van der Waals surface area contributed by atoms with Gasteiger partial charge in [0.1, 0.15) is 5.82 Å². The lowest BCUT2D eigenvalue weighted by Crippen LogP contribution is -2.02. The fourth-order valence-electron chi connectivity index (χ4n) is 1.78. The Bertz CT molecular complexity index is 537. The maximum absolute atomic E-state index is 13.2. The van der Waals surface area contributed by atoms with Crippen LogP contribution in [0.15, 0.2) is 51.4 Å². The SMILES string of the molecule is OC(Cc1cc(F)cc(Br)c1)c1cccc(Br)c1. The molecule has 1 atom stereocenters. The molecular weight excluding hydrogens is 363 g/mol. The van der Waals surface area contributed by atoms with Gasteiger partial charge in [-0.3, -0.25) is 0 Å². The van der Waals surface area contributed by atoms with Gasteiger partial charge in [-0.2, -0.15) is 0 Å². The molecule has 94 valence electrons. The normalized spacial score (nSPS) is 12.4. The number of aliphatic hydroxyl groups is 1. The third-order valence-corrected chi connectivity index (χ3v) is 3.54. The van der Waals surface area contributed by atoms with Crippen molar-refractivity contribution in [3.05, 3.63) is 68.4 Å². The molecule has 0 saturated carbocycles. The Hall–Kier alpha value is -0.710. The minimum atomic E-state index is -0.642. The Balaban J connectivity index is 2.18. The third-order valence-electron chi connectivity index (χ3n) is 2.58. The third kappa shape index (κ3) is 3.64. The van der Waals surface area contributed by atoms with E-state index in [1.54, 1.807) is 0 Å². The summed E-state index contributed by atoms with van der Waals surface area (Å²) >= 11 is 6.60. The Morgan fingerprint density at radius 3 is 2.50 bits per heavy atom. The molecule has 2 aromatic carbocycles. The Morgan fingerprint density at radius 2 is 1.83 bits per heavy atom. The second kappa shape index (κ2) is 5.95. The summed E-state index contributed by atoms with van der Waals surface area (Å²) in [5.41, 5.74) is 1.57. The van der Waals surface area contributed by atoms with Crippen molar-refractivity contribution in [1.29, 1.82) is 0 Å². The van der Waals surface area contributed by atoms with Gasteiger partial charge < -0.3 is 5.11 Å². The molecule has 0 saturated heterocycles. The van der Waals surface area contributed by atoms with Gasteiger partial charge in [0, 0.05) is 15.4 Å². The largest absolute Gasteiger partial charge is 0.388 e. The summed E-state index contributed by atoms with van der Waals surface area (Å²) in [7, 11) is 0. The summed E-state index contributed by atoms with van der Waals surface area (Å²) in [5, 5.41) is 10.1. The predicted octanol–water partition coefficient (Wildman–Crippen LogP) is 4.63. The van der Waals surface area contributed by atoms with Crippen LogP contribution in [0.3, 0.4) is 0 Å². The fraction of sp³-hybridized carbons (Fsp3) is 0.143. The second-order valence-corrected chi connectivity index (χ2v) is 5.88. The van der Waals surface area contributed by atoms with Crippen LogP contribution < -0.4 is 0 Å². The van der Waals surface area contributed by atoms with Crippen LogP contribution >= 0.6 is 31.9 Å². The van der Waals surface area contributed by atoms with Crippen LogP contribution in [-0.4, -0.2) is 5.11 Å². The molecule has 0 bridgehead atoms. The van der Waals surface area contributed by atoms with Crippen LogP contribution in [-0.2, 0) is 6.42 Å². The molecule has 1 unspecified atom stereocenters. The zero-order chi connectivity index (χ0) is 13.1. The first kappa shape index (κ1) is 13.7. The Labute approximate surface area is 122 Å². The first-order valence-corrected chi connectivity index (χ1v) is 7.02. The van der Waals surface area contributed by atoms with Crippen molar-refractivity contribution in [2.24, 2.45) is 0 Å². The van der Waals surface area contributed by atoms with Crippen LogP contribution in [0.25, 0.3) is 0 Å². The zero-order valence-corrected chi connectivity index (χ0v) is 12.6. The molecule has 18 heavy (non-hydrogen) atoms. The van der Waals surface area contributed by atoms with E-state index in [4.69, 9.17) is 0 Å². The minimum absolute atomic E-state index is 0.305. The van der Waals surface area contributed by atoms with Crippen molar-refractivity contribution < 1.29 is 9.50 Å². The summed E-state index contributed by atoms with van der Waals surface area (Å²) in [6.07, 6.45) is -0.261. The maximum atomic E-state index is 13.2. The van der Waals surface area contributed by atoms with E-state index in [9.17, 15) is 9.50 Å². The van der Waals surface area contributed by atoms with Crippen molar-refractivity contribution in [2.45, 2.75) is 12.5 Å². The van der Waals surface area contributed by atoms with Crippen LogP contribution in [0.1, 0.15) is 17.2 Å². The van der Waals surface area contributed by atoms with Gasteiger partial charge in [-0.1, -0.05) is 44.0 Å². The van der Waals surface area contributed by atoms with Crippen molar-refractivity contribution in [3.8, 4) is 0 Å². The Morgan fingerprint density at radius 1 is 1.06 bits per heavy atom. The van der Waals surface area contributed by atoms with E-state index in [2.05, 4.69) is 31.9 Å². The molecule has 0 amide bonds. The monoisotopic (exact) mass is 372 g/mol. The quantitative estimate of drug-likeness (QED) is 0.831. The van der Waals surface area contributed by atoms with Gasteiger partial charge in [0.15, 0.2) is 0 Å². The van der Waals surface area contributed by atoms with Gasteiger partial charge in [-0.05, 0) is 41.5 Å². The first-order chi connectivity index (χ1) is 8.54. The van der Waals surface area contributed by atoms with E-state index >= 15 is 0 Å². The summed E-state index contributed by atoms with van der Waals surface area (Å²) < 4.78 is 14.8. The summed E-state index contributed by atoms with van der Waals surface area (Å²) in [5.74, 6) is -0.305. The summed E-state index contributed by atoms with van der Waals surface area (Å²) in [6.45, 7) is 0. The Kier molecular flexibility index (Phi) is 4.54. The average molecular weight is 374 g/mol. The van der Waals surface area contributed by atoms with Gasteiger partial charge in [0.25, 0.3) is 0 Å². The highest BCUT2D eigenvalue weighted by Gasteiger charge is 2.10. The second-order valence-electron chi connectivity index (χ2n) is 4.05. The number of rotatable bonds is 3. The molecule has 0 aliphatic rings. The van der Waals surface area contributed by atoms with Crippen molar-refractivity contribution in [1.82, 2.24) is 0 Å². The van der Waals surface area contributed by atoms with Gasteiger partial charge in [-0.15, -0.1) is 0 Å². The van der Waals surface area contributed by atoms with Crippen molar-refractivity contribution in [2.75, 3.05) is 0 Å². The molecule has 0 heterocycles. The van der Waals surface area contributed by atoms with E-state index < -0.39 is 6.10 Å². The molecule has 0 spiro atoms. The van der Waals surface area contributed by atoms with Crippen molar-refractivity contribution in [3.63, 3.8) is 0 Å². The number of hydrogen-bond acceptors (Lipinski definition) is 1. The summed E-state index contributed by atoms with van der Waals surface area (Å²) in [4.78, 5) is 0. The molecule has 0 radical (unpaired) electrons. The molecular formula is C14H11Br2FO. The topological polar surface area (TPSA) is 20.2 Å². The highest BCUT2D eigenvalue weighted by atomic mass is 79.9. The highest BCUT2D eigenvalue weighted by molar-refractivity contribution is 9.10. The van der Waals surface area contributed by atoms with E-state index in [-0.39, 0.29) is 5.82 Å². The lowest BCUT2D eigenvalue weighted by atomic mass is 10.0. The van der Waals surface area contributed by atoms with Gasteiger partial charge in [0.2, 0.25) is 0 Å². The van der Waals surface area contributed by atoms with E-state index in [1.807, 2.05) is 30.3 Å². The number of aliphatic hydroxyl groups excluding tert-OH is 1. The summed E-state index contributed by atoms with van der Waals surface area (Å²) in [6, 6.07) is 12.1. The molecule has 1 nitrogen and oxygen atoms in total. The average Bonchev–Trinajstić information content (AvgIpc) is 2.27. The molecule has 2 aromatic rings. The van der Waals surface area contributed by atoms with E-state index in [0.717, 1.165) is 15.6 Å². The van der Waals surface area contributed by atoms with Gasteiger partial charge in [-0.25, -0.2) is 4.39 Å². The lowest BCUT2D eigenvalue weighted by Gasteiger charge is -2.12. The van der Waals surface area contributed by atoms with E-state index in [0.29, 0.717) is 10.9 Å². The lowest BCUT2D eigenvalue weighted by molar-refractivity contribution is 0.178. The smallest absolute Gasteiger partial charge is 0.124 e. The van der Waals surface area contributed by atoms with Gasteiger partial charge in [0.05, 0.1) is 6.10 Å². The molecule has 0 aliphatic carbocycles. The molecule has 0 aromatic heterocycles. The minimum Gasteiger partial charge on any atom is -0.388 e. The molecule has 2 rings (SSSR count).